The van der Waals surface area contributed by atoms with Crippen LogP contribution >= 0.6 is 22.9 Å². The second kappa shape index (κ2) is 10.5. The molecular formula is C28H23ClN4O3S2. The number of hydrogen-bond acceptors (Lipinski definition) is 6. The van der Waals surface area contributed by atoms with Gasteiger partial charge in [0, 0.05) is 28.7 Å². The molecular weight excluding hydrogens is 540 g/mol. The molecule has 10 heteroatoms. The van der Waals surface area contributed by atoms with E-state index in [9.17, 15) is 13.2 Å². The number of anilines is 2. The van der Waals surface area contributed by atoms with E-state index in [1.807, 2.05) is 38.1 Å². The molecule has 0 spiro atoms. The Morgan fingerprint density at radius 2 is 1.76 bits per heavy atom. The molecule has 5 aromatic rings. The molecule has 1 N–H and O–H groups in total. The second-order valence-corrected chi connectivity index (χ2v) is 11.9. The van der Waals surface area contributed by atoms with Crippen molar-refractivity contribution >= 4 is 59.9 Å². The van der Waals surface area contributed by atoms with Gasteiger partial charge in [0.05, 0.1) is 21.7 Å². The van der Waals surface area contributed by atoms with Gasteiger partial charge in [0.1, 0.15) is 0 Å². The number of aryl methyl sites for hydroxylation is 2. The molecule has 7 nitrogen and oxygen atoms in total. The maximum absolute atomic E-state index is 13.7. The van der Waals surface area contributed by atoms with Gasteiger partial charge in [-0.25, -0.2) is 13.4 Å². The van der Waals surface area contributed by atoms with Crippen molar-refractivity contribution < 1.29 is 13.2 Å². The van der Waals surface area contributed by atoms with E-state index in [1.54, 1.807) is 65.8 Å². The van der Waals surface area contributed by atoms with Gasteiger partial charge in [0.25, 0.3) is 15.9 Å². The van der Waals surface area contributed by atoms with Crippen molar-refractivity contribution in [1.82, 2.24) is 9.97 Å². The van der Waals surface area contributed by atoms with E-state index < -0.39 is 10.0 Å². The van der Waals surface area contributed by atoms with Gasteiger partial charge in [-0.2, -0.15) is 0 Å². The van der Waals surface area contributed by atoms with Crippen molar-refractivity contribution in [1.29, 1.82) is 0 Å². The molecule has 0 fully saturated rings. The highest BCUT2D eigenvalue weighted by Crippen LogP contribution is 2.34. The van der Waals surface area contributed by atoms with Gasteiger partial charge in [-0.1, -0.05) is 46.7 Å². The average molecular weight is 563 g/mol. The van der Waals surface area contributed by atoms with E-state index in [2.05, 4.69) is 9.71 Å². The van der Waals surface area contributed by atoms with Gasteiger partial charge >= 0.3 is 0 Å². The summed E-state index contributed by atoms with van der Waals surface area (Å²) < 4.78 is 29.0. The molecule has 38 heavy (non-hydrogen) atoms. The molecule has 192 valence electrons. The lowest BCUT2D eigenvalue weighted by Crippen LogP contribution is -2.30. The first kappa shape index (κ1) is 25.8. The summed E-state index contributed by atoms with van der Waals surface area (Å²) in [5, 5.41) is 1.14. The second-order valence-electron chi connectivity index (χ2n) is 8.81. The molecule has 0 saturated heterocycles. The van der Waals surface area contributed by atoms with E-state index in [4.69, 9.17) is 16.6 Å². The van der Waals surface area contributed by atoms with Crippen LogP contribution in [0.15, 0.2) is 90.1 Å². The number of carbonyl (C=O) groups excluding carboxylic acids is 1. The molecule has 0 bridgehead atoms. The number of carbonyl (C=O) groups is 1. The van der Waals surface area contributed by atoms with Gasteiger partial charge < -0.3 is 0 Å². The van der Waals surface area contributed by atoms with Crippen molar-refractivity contribution in [2.45, 2.75) is 25.3 Å². The van der Waals surface area contributed by atoms with Crippen molar-refractivity contribution in [3.05, 3.63) is 112 Å². The molecule has 0 unspecified atom stereocenters. The third-order valence-corrected chi connectivity index (χ3v) is 8.53. The number of hydrogen-bond donors (Lipinski definition) is 1. The van der Waals surface area contributed by atoms with Crippen LogP contribution < -0.4 is 9.62 Å². The molecule has 0 aliphatic rings. The minimum absolute atomic E-state index is 0.164. The van der Waals surface area contributed by atoms with Gasteiger partial charge in [0.2, 0.25) is 0 Å². The first-order valence-corrected chi connectivity index (χ1v) is 14.3. The first-order valence-electron chi connectivity index (χ1n) is 11.7. The van der Waals surface area contributed by atoms with Crippen molar-refractivity contribution in [2.75, 3.05) is 9.62 Å². The fraction of sp³-hybridized carbons (Fsp3) is 0.107. The predicted molar refractivity (Wildman–Crippen MR) is 153 cm³/mol. The zero-order valence-electron chi connectivity index (χ0n) is 20.6. The van der Waals surface area contributed by atoms with E-state index in [-0.39, 0.29) is 17.3 Å². The van der Waals surface area contributed by atoms with Crippen LogP contribution in [-0.4, -0.2) is 24.3 Å². The maximum Gasteiger partial charge on any atom is 0.261 e. The Labute approximate surface area is 229 Å². The highest BCUT2D eigenvalue weighted by molar-refractivity contribution is 7.92. The van der Waals surface area contributed by atoms with E-state index in [1.165, 1.54) is 11.3 Å². The predicted octanol–water partition coefficient (Wildman–Crippen LogP) is 6.61. The lowest BCUT2D eigenvalue weighted by molar-refractivity contribution is 0.0985. The van der Waals surface area contributed by atoms with E-state index in [0.29, 0.717) is 21.4 Å². The summed E-state index contributed by atoms with van der Waals surface area (Å²) in [4.78, 5) is 24.4. The molecule has 2 aromatic heterocycles. The Morgan fingerprint density at radius 3 is 2.45 bits per heavy atom. The van der Waals surface area contributed by atoms with Crippen LogP contribution in [0.25, 0.3) is 10.2 Å². The number of fused-ring (bicyclic) bond motifs is 1. The SMILES string of the molecule is Cc1ccc(S(=O)(=O)Nc2ccc(C(=O)N(Cc3cccnc3)c3nc4c(C)cc(Cl)cc4s3)cc2)cc1. The minimum atomic E-state index is -3.76. The summed E-state index contributed by atoms with van der Waals surface area (Å²) in [6.45, 7) is 4.09. The Kier molecular flexibility index (Phi) is 7.16. The van der Waals surface area contributed by atoms with Crippen LogP contribution in [0.5, 0.6) is 0 Å². The van der Waals surface area contributed by atoms with E-state index in [0.717, 1.165) is 26.9 Å². The van der Waals surface area contributed by atoms with E-state index >= 15 is 0 Å². The van der Waals surface area contributed by atoms with Gasteiger partial charge in [0.15, 0.2) is 5.13 Å². The van der Waals surface area contributed by atoms with Gasteiger partial charge in [-0.05, 0) is 79.6 Å². The molecule has 1 amide bonds. The molecule has 0 atom stereocenters. The summed E-state index contributed by atoms with van der Waals surface area (Å²) in [7, 11) is -3.76. The Hall–Kier alpha value is -3.79. The summed E-state index contributed by atoms with van der Waals surface area (Å²) in [5.41, 5.74) is 4.27. The van der Waals surface area contributed by atoms with Crippen LogP contribution in [0.1, 0.15) is 27.0 Å². The van der Waals surface area contributed by atoms with Crippen molar-refractivity contribution in [3.63, 3.8) is 0 Å². The first-order chi connectivity index (χ1) is 18.2. The number of thiazole rings is 1. The lowest BCUT2D eigenvalue weighted by Gasteiger charge is -2.20. The Morgan fingerprint density at radius 1 is 1.03 bits per heavy atom. The Balaban J connectivity index is 1.44. The largest absolute Gasteiger partial charge is 0.280 e. The molecule has 2 heterocycles. The number of amides is 1. The zero-order chi connectivity index (χ0) is 26.9. The maximum atomic E-state index is 13.7. The number of pyridine rings is 1. The van der Waals surface area contributed by atoms with Crippen LogP contribution in [-0.2, 0) is 16.6 Å². The summed E-state index contributed by atoms with van der Waals surface area (Å²) in [5.74, 6) is -0.274. The smallest absolute Gasteiger partial charge is 0.261 e. The van der Waals surface area contributed by atoms with Crippen LogP contribution in [0, 0.1) is 13.8 Å². The third-order valence-electron chi connectivity index (χ3n) is 5.89. The molecule has 3 aromatic carbocycles. The monoisotopic (exact) mass is 562 g/mol. The standard InChI is InChI=1S/C28H23ClN4O3S2/c1-18-5-11-24(12-6-18)38(35,36)32-23-9-7-21(8-10-23)27(34)33(17-20-4-3-13-30-16-20)28-31-26-19(2)14-22(29)15-25(26)37-28/h3-16,32H,17H2,1-2H3. The van der Waals surface area contributed by atoms with Gasteiger partial charge in [-0.3, -0.25) is 19.4 Å². The summed E-state index contributed by atoms with van der Waals surface area (Å²) in [6, 6.07) is 20.3. The normalized spacial score (nSPS) is 11.4. The number of benzene rings is 3. The highest BCUT2D eigenvalue weighted by Gasteiger charge is 2.23. The number of sulfonamides is 1. The number of nitrogens with zero attached hydrogens (tertiary/aromatic N) is 3. The number of nitrogens with one attached hydrogen (secondary N) is 1. The van der Waals surface area contributed by atoms with Crippen LogP contribution in [0.4, 0.5) is 10.8 Å². The minimum Gasteiger partial charge on any atom is -0.280 e. The molecule has 0 aliphatic heterocycles. The summed E-state index contributed by atoms with van der Waals surface area (Å²) in [6.07, 6.45) is 3.38. The number of halogens is 1. The third kappa shape index (κ3) is 5.55. The van der Waals surface area contributed by atoms with Crippen LogP contribution in [0.3, 0.4) is 0 Å². The Bertz CT molecular complexity index is 1720. The van der Waals surface area contributed by atoms with Crippen LogP contribution in [0.2, 0.25) is 5.02 Å². The topological polar surface area (TPSA) is 92.3 Å². The molecule has 5 rings (SSSR count). The molecule has 0 aliphatic carbocycles. The van der Waals surface area contributed by atoms with Gasteiger partial charge in [-0.15, -0.1) is 0 Å². The average Bonchev–Trinajstić information content (AvgIpc) is 3.32. The highest BCUT2D eigenvalue weighted by atomic mass is 35.5. The number of aromatic nitrogens is 2. The quantitative estimate of drug-likeness (QED) is 0.241. The van der Waals surface area contributed by atoms with Crippen molar-refractivity contribution in [2.24, 2.45) is 0 Å². The molecule has 0 radical (unpaired) electrons. The zero-order valence-corrected chi connectivity index (χ0v) is 22.9. The summed E-state index contributed by atoms with van der Waals surface area (Å²) >= 11 is 7.63. The van der Waals surface area contributed by atoms with Crippen molar-refractivity contribution in [3.8, 4) is 0 Å². The fourth-order valence-corrected chi connectivity index (χ4v) is 6.40. The fourth-order valence-electron chi connectivity index (χ4n) is 3.93. The lowest BCUT2D eigenvalue weighted by atomic mass is 10.1. The molecule has 0 saturated carbocycles. The number of rotatable bonds is 7.